The summed E-state index contributed by atoms with van der Waals surface area (Å²) in [6, 6.07) is 61.6. The highest BCUT2D eigenvalue weighted by molar-refractivity contribution is 8.16. The third kappa shape index (κ3) is 11.7. The van der Waals surface area contributed by atoms with Gasteiger partial charge < -0.3 is 23.7 Å². The Bertz CT molecular complexity index is 2240. The third-order valence-electron chi connectivity index (χ3n) is 10.0. The maximum absolute atomic E-state index is 6.82. The van der Waals surface area contributed by atoms with Crippen molar-refractivity contribution in [2.24, 2.45) is 0 Å². The molecule has 300 valence electrons. The lowest BCUT2D eigenvalue weighted by Gasteiger charge is -2.34. The summed E-state index contributed by atoms with van der Waals surface area (Å²) in [5, 5.41) is 0. The van der Waals surface area contributed by atoms with Crippen LogP contribution in [-0.4, -0.2) is 12.5 Å². The average Bonchev–Trinajstić information content (AvgIpc) is 3.31. The Labute approximate surface area is 357 Å². The summed E-state index contributed by atoms with van der Waals surface area (Å²) in [5.41, 5.74) is 7.59. The Morgan fingerprint density at radius 1 is 0.356 bits per heavy atom. The zero-order valence-electron chi connectivity index (χ0n) is 33.6. The molecule has 0 bridgehead atoms. The molecule has 7 rings (SSSR count). The molecule has 0 N–H and O–H groups in total. The van der Waals surface area contributed by atoms with Crippen molar-refractivity contribution in [1.29, 1.82) is 0 Å². The smallest absolute Gasteiger partial charge is 0.161 e. The fourth-order valence-electron chi connectivity index (χ4n) is 6.80. The number of hydrogen-bond donors (Lipinski definition) is 0. The fourth-order valence-corrected chi connectivity index (χ4v) is 8.89. The molecule has 0 unspecified atom stereocenters. The first-order chi connectivity index (χ1) is 29.1. The van der Waals surface area contributed by atoms with Gasteiger partial charge in [-0.2, -0.15) is 0 Å². The van der Waals surface area contributed by atoms with Gasteiger partial charge in [-0.3, -0.25) is 0 Å². The number of rotatable bonds is 21. The van der Waals surface area contributed by atoms with Gasteiger partial charge in [0.25, 0.3) is 0 Å². The maximum Gasteiger partial charge on any atom is 0.161 e. The summed E-state index contributed by atoms with van der Waals surface area (Å²) in [7, 11) is 0. The van der Waals surface area contributed by atoms with Crippen molar-refractivity contribution in [3.05, 3.63) is 221 Å². The number of hydrogen-bond acceptors (Lipinski definition) is 7. The maximum atomic E-state index is 6.82. The van der Waals surface area contributed by atoms with Crippen molar-refractivity contribution in [3.63, 3.8) is 0 Å². The predicted molar refractivity (Wildman–Crippen MR) is 244 cm³/mol. The fraction of sp³-hybridized carbons (Fsp3) is 0.192. The zero-order chi connectivity index (χ0) is 40.5. The van der Waals surface area contributed by atoms with Gasteiger partial charge in [-0.1, -0.05) is 158 Å². The van der Waals surface area contributed by atoms with Crippen LogP contribution >= 0.6 is 23.5 Å². The van der Waals surface area contributed by atoms with E-state index in [0.29, 0.717) is 44.5 Å². The second-order valence-electron chi connectivity index (χ2n) is 14.1. The van der Waals surface area contributed by atoms with E-state index in [-0.39, 0.29) is 0 Å². The molecule has 59 heavy (non-hydrogen) atoms. The van der Waals surface area contributed by atoms with Crippen molar-refractivity contribution in [3.8, 4) is 28.7 Å². The molecule has 0 saturated heterocycles. The minimum absolute atomic E-state index is 0.402. The molecule has 0 saturated carbocycles. The SMILES string of the molecule is CSC(CCc1ccc(OCc2ccccc2)c(OCc2ccccc2)c1)(SC)c1c(OCc2ccccc2)cc(OCc2ccccc2)cc1OCc1ccccc1. The van der Waals surface area contributed by atoms with Crippen LogP contribution in [0.4, 0.5) is 0 Å². The minimum atomic E-state index is -0.455. The van der Waals surface area contributed by atoms with Gasteiger partial charge in [0.05, 0.1) is 9.64 Å². The van der Waals surface area contributed by atoms with Crippen molar-refractivity contribution >= 4 is 23.5 Å². The van der Waals surface area contributed by atoms with E-state index in [0.717, 1.165) is 69.0 Å². The molecule has 0 amide bonds. The average molecular weight is 819 g/mol. The monoisotopic (exact) mass is 818 g/mol. The van der Waals surface area contributed by atoms with Crippen LogP contribution in [0.5, 0.6) is 28.7 Å². The largest absolute Gasteiger partial charge is 0.489 e. The summed E-state index contributed by atoms with van der Waals surface area (Å²) in [6.07, 6.45) is 5.90. The molecule has 0 fully saturated rings. The van der Waals surface area contributed by atoms with Crippen LogP contribution in [-0.2, 0) is 43.5 Å². The first-order valence-electron chi connectivity index (χ1n) is 19.9. The van der Waals surface area contributed by atoms with Crippen LogP contribution in [0.15, 0.2) is 182 Å². The van der Waals surface area contributed by atoms with Gasteiger partial charge in [0.15, 0.2) is 11.5 Å². The molecule has 0 aliphatic heterocycles. The first-order valence-corrected chi connectivity index (χ1v) is 22.3. The molecule has 0 aliphatic rings. The topological polar surface area (TPSA) is 46.2 Å². The minimum Gasteiger partial charge on any atom is -0.489 e. The first kappa shape index (κ1) is 41.4. The molecule has 0 heterocycles. The van der Waals surface area contributed by atoms with E-state index in [1.165, 1.54) is 0 Å². The lowest BCUT2D eigenvalue weighted by molar-refractivity contribution is 0.255. The number of benzene rings is 7. The quantitative estimate of drug-likeness (QED) is 0.0669. The highest BCUT2D eigenvalue weighted by Gasteiger charge is 2.37. The number of thioether (sulfide) groups is 2. The highest BCUT2D eigenvalue weighted by atomic mass is 32.2. The molecule has 7 heteroatoms. The van der Waals surface area contributed by atoms with E-state index in [9.17, 15) is 0 Å². The van der Waals surface area contributed by atoms with E-state index < -0.39 is 4.08 Å². The van der Waals surface area contributed by atoms with Crippen LogP contribution in [0.3, 0.4) is 0 Å². The van der Waals surface area contributed by atoms with E-state index in [1.54, 1.807) is 23.5 Å². The Morgan fingerprint density at radius 3 is 1.10 bits per heavy atom. The van der Waals surface area contributed by atoms with Crippen LogP contribution in [0.2, 0.25) is 0 Å². The molecule has 0 spiro atoms. The lowest BCUT2D eigenvalue weighted by Crippen LogP contribution is -2.21. The van der Waals surface area contributed by atoms with Crippen LogP contribution < -0.4 is 23.7 Å². The van der Waals surface area contributed by atoms with Crippen molar-refractivity contribution in [2.45, 2.75) is 50.0 Å². The van der Waals surface area contributed by atoms with E-state index >= 15 is 0 Å². The predicted octanol–water partition coefficient (Wildman–Crippen LogP) is 13.1. The van der Waals surface area contributed by atoms with Gasteiger partial charge in [0.1, 0.15) is 50.3 Å². The Hall–Kier alpha value is -5.76. The third-order valence-corrected chi connectivity index (χ3v) is 13.2. The molecule has 0 aliphatic carbocycles. The molecule has 0 radical (unpaired) electrons. The molecular weight excluding hydrogens is 769 g/mol. The van der Waals surface area contributed by atoms with Gasteiger partial charge in [0.2, 0.25) is 0 Å². The molecule has 5 nitrogen and oxygen atoms in total. The number of aryl methyl sites for hydroxylation is 1. The van der Waals surface area contributed by atoms with Gasteiger partial charge in [-0.25, -0.2) is 0 Å². The molecular formula is C52H50O5S2. The normalized spacial score (nSPS) is 11.2. The van der Waals surface area contributed by atoms with Gasteiger partial charge in [0, 0.05) is 12.1 Å². The van der Waals surface area contributed by atoms with Gasteiger partial charge in [-0.05, 0) is 70.9 Å². The van der Waals surface area contributed by atoms with E-state index in [1.807, 2.05) is 109 Å². The van der Waals surface area contributed by atoms with Crippen LogP contribution in [0.25, 0.3) is 0 Å². The summed E-state index contributed by atoms with van der Waals surface area (Å²) < 4.78 is 32.5. The Morgan fingerprint density at radius 2 is 0.712 bits per heavy atom. The summed E-state index contributed by atoms with van der Waals surface area (Å²) >= 11 is 3.61. The molecule has 7 aromatic rings. The zero-order valence-corrected chi connectivity index (χ0v) is 35.3. The summed E-state index contributed by atoms with van der Waals surface area (Å²) in [5.74, 6) is 3.60. The lowest BCUT2D eigenvalue weighted by atomic mass is 10.00. The van der Waals surface area contributed by atoms with E-state index in [4.69, 9.17) is 23.7 Å². The number of ether oxygens (including phenoxy) is 5. The molecule has 0 atom stereocenters. The second-order valence-corrected chi connectivity index (χ2v) is 16.6. The summed E-state index contributed by atoms with van der Waals surface area (Å²) in [4.78, 5) is 0. The van der Waals surface area contributed by atoms with Crippen LogP contribution in [0, 0.1) is 0 Å². The molecule has 0 aromatic heterocycles. The van der Waals surface area contributed by atoms with Crippen molar-refractivity contribution in [2.75, 3.05) is 12.5 Å². The van der Waals surface area contributed by atoms with Gasteiger partial charge >= 0.3 is 0 Å². The van der Waals surface area contributed by atoms with Crippen molar-refractivity contribution in [1.82, 2.24) is 0 Å². The standard InChI is InChI=1S/C52H50O5S2/c1-58-52(59-2,31-30-40-28-29-47(54-36-42-20-10-4-11-21-42)48(32-40)55-37-43-22-12-5-13-23-43)51-49(56-38-44-24-14-6-15-25-44)33-46(53-35-41-18-8-3-9-19-41)34-50(51)57-39-45-26-16-7-17-27-45/h3-29,32-34H,30-31,35-39H2,1-2H3. The Balaban J connectivity index is 1.22. The Kier molecular flexibility index (Phi) is 14.9. The van der Waals surface area contributed by atoms with E-state index in [2.05, 4.69) is 85.3 Å². The molecule has 7 aromatic carbocycles. The summed E-state index contributed by atoms with van der Waals surface area (Å²) in [6.45, 7) is 2.12. The highest BCUT2D eigenvalue weighted by Crippen LogP contribution is 2.55. The van der Waals surface area contributed by atoms with Crippen LogP contribution in [0.1, 0.15) is 45.4 Å². The second kappa shape index (κ2) is 21.3. The van der Waals surface area contributed by atoms with Crippen molar-refractivity contribution < 1.29 is 23.7 Å². The van der Waals surface area contributed by atoms with Gasteiger partial charge in [-0.15, -0.1) is 23.5 Å².